The number of nitriles is 1. The third-order valence-corrected chi connectivity index (χ3v) is 2.54. The van der Waals surface area contributed by atoms with E-state index in [1.807, 2.05) is 6.07 Å². The Labute approximate surface area is 86.2 Å². The minimum absolute atomic E-state index is 0.229. The fourth-order valence-corrected chi connectivity index (χ4v) is 1.57. The van der Waals surface area contributed by atoms with Gasteiger partial charge in [-0.25, -0.2) is 0 Å². The van der Waals surface area contributed by atoms with Gasteiger partial charge in [-0.1, -0.05) is 30.5 Å². The van der Waals surface area contributed by atoms with Crippen LogP contribution in [0.3, 0.4) is 0 Å². The summed E-state index contributed by atoms with van der Waals surface area (Å²) in [5, 5.41) is 8.76. The predicted octanol–water partition coefficient (Wildman–Crippen LogP) is 1.65. The van der Waals surface area contributed by atoms with Crippen molar-refractivity contribution in [2.45, 2.75) is 4.90 Å². The second-order valence-corrected chi connectivity index (χ2v) is 3.63. The third-order valence-electron chi connectivity index (χ3n) is 1.52. The zero-order chi connectivity index (χ0) is 10.6. The van der Waals surface area contributed by atoms with E-state index in [1.165, 1.54) is 0 Å². The lowest BCUT2D eigenvalue weighted by atomic mass is 10.2. The zero-order valence-corrected chi connectivity index (χ0v) is 8.17. The van der Waals surface area contributed by atoms with Crippen molar-refractivity contribution in [1.29, 1.82) is 5.26 Å². The number of rotatable bonds is 3. The van der Waals surface area contributed by atoms with Gasteiger partial charge in [-0.3, -0.25) is 4.79 Å². The van der Waals surface area contributed by atoms with Gasteiger partial charge in [0.15, 0.2) is 0 Å². The van der Waals surface area contributed by atoms with Crippen LogP contribution in [0.25, 0.3) is 0 Å². The van der Waals surface area contributed by atoms with Gasteiger partial charge in [0.2, 0.25) is 0 Å². The van der Waals surface area contributed by atoms with E-state index in [1.54, 1.807) is 24.3 Å². The lowest BCUT2D eigenvalue weighted by molar-refractivity contribution is -0.113. The van der Waals surface area contributed by atoms with Gasteiger partial charge in [0.25, 0.3) is 5.91 Å². The van der Waals surface area contributed by atoms with Gasteiger partial charge in [0.05, 0.1) is 10.5 Å². The highest BCUT2D eigenvalue weighted by Gasteiger charge is 2.07. The molecule has 0 aliphatic heterocycles. The van der Waals surface area contributed by atoms with E-state index in [2.05, 4.69) is 6.58 Å². The van der Waals surface area contributed by atoms with Crippen molar-refractivity contribution in [3.63, 3.8) is 0 Å². The maximum atomic E-state index is 10.7. The maximum absolute atomic E-state index is 10.7. The highest BCUT2D eigenvalue weighted by atomic mass is 32.2. The average molecular weight is 204 g/mol. The van der Waals surface area contributed by atoms with E-state index < -0.39 is 5.91 Å². The molecular weight excluding hydrogens is 196 g/mol. The van der Waals surface area contributed by atoms with Crippen molar-refractivity contribution < 1.29 is 4.79 Å². The molecule has 0 bridgehead atoms. The van der Waals surface area contributed by atoms with Crippen molar-refractivity contribution in [1.82, 2.24) is 0 Å². The summed E-state index contributed by atoms with van der Waals surface area (Å²) in [4.78, 5) is 11.6. The molecule has 3 nitrogen and oxygen atoms in total. The first-order valence-electron chi connectivity index (χ1n) is 3.81. The minimum atomic E-state index is -0.567. The summed E-state index contributed by atoms with van der Waals surface area (Å²) in [6, 6.07) is 9.00. The van der Waals surface area contributed by atoms with E-state index >= 15 is 0 Å². The van der Waals surface area contributed by atoms with Gasteiger partial charge in [-0.15, -0.1) is 0 Å². The Hall–Kier alpha value is -1.73. The summed E-state index contributed by atoms with van der Waals surface area (Å²) in [5.74, 6) is -0.567. The summed E-state index contributed by atoms with van der Waals surface area (Å²) >= 11 is 1.11. The molecule has 0 radical (unpaired) electrons. The van der Waals surface area contributed by atoms with Crippen LogP contribution in [0.2, 0.25) is 0 Å². The van der Waals surface area contributed by atoms with Crippen molar-refractivity contribution in [2.75, 3.05) is 0 Å². The molecule has 0 spiro atoms. The smallest absolute Gasteiger partial charge is 0.254 e. The van der Waals surface area contributed by atoms with Gasteiger partial charge in [0, 0.05) is 4.90 Å². The van der Waals surface area contributed by atoms with Crippen LogP contribution in [-0.2, 0) is 4.79 Å². The number of nitrogens with two attached hydrogens (primary N) is 1. The van der Waals surface area contributed by atoms with Crippen LogP contribution in [0.15, 0.2) is 40.6 Å². The molecule has 1 aromatic rings. The molecule has 1 amide bonds. The fraction of sp³-hybridized carbons (Fsp3) is 0. The maximum Gasteiger partial charge on any atom is 0.254 e. The van der Waals surface area contributed by atoms with Crippen molar-refractivity contribution in [2.24, 2.45) is 5.73 Å². The van der Waals surface area contributed by atoms with Crippen LogP contribution in [0.1, 0.15) is 5.56 Å². The molecule has 70 valence electrons. The zero-order valence-electron chi connectivity index (χ0n) is 7.36. The standard InChI is InChI=1S/C10H8N2OS/c1-7(10(12)13)14-9-5-3-2-4-8(9)6-11/h2-5H,1H2,(H2,12,13). The summed E-state index contributed by atoms with van der Waals surface area (Å²) in [6.45, 7) is 3.50. The number of hydrogen-bond acceptors (Lipinski definition) is 3. The Kier molecular flexibility index (Phi) is 3.32. The molecule has 0 saturated carbocycles. The number of carbonyl (C=O) groups is 1. The first-order chi connectivity index (χ1) is 6.65. The molecule has 1 aromatic carbocycles. The molecule has 0 aromatic heterocycles. The molecule has 0 aliphatic carbocycles. The van der Waals surface area contributed by atoms with Crippen LogP contribution in [0, 0.1) is 11.3 Å². The van der Waals surface area contributed by atoms with Gasteiger partial charge < -0.3 is 5.73 Å². The molecule has 0 fully saturated rings. The van der Waals surface area contributed by atoms with Gasteiger partial charge in [0.1, 0.15) is 6.07 Å². The summed E-state index contributed by atoms with van der Waals surface area (Å²) in [5.41, 5.74) is 5.55. The van der Waals surface area contributed by atoms with Crippen LogP contribution >= 0.6 is 11.8 Å². The lowest BCUT2D eigenvalue weighted by Crippen LogP contribution is -2.10. The summed E-state index contributed by atoms with van der Waals surface area (Å²) in [6.07, 6.45) is 0. The van der Waals surface area contributed by atoms with E-state index in [9.17, 15) is 4.79 Å². The Morgan fingerprint density at radius 1 is 1.50 bits per heavy atom. The Balaban J connectivity index is 2.93. The second-order valence-electron chi connectivity index (χ2n) is 2.50. The highest BCUT2D eigenvalue weighted by molar-refractivity contribution is 8.04. The molecular formula is C10H8N2OS. The summed E-state index contributed by atoms with van der Waals surface area (Å²) in [7, 11) is 0. The van der Waals surface area contributed by atoms with Gasteiger partial charge >= 0.3 is 0 Å². The van der Waals surface area contributed by atoms with Crippen LogP contribution in [0.4, 0.5) is 0 Å². The first-order valence-corrected chi connectivity index (χ1v) is 4.62. The molecule has 0 heterocycles. The van der Waals surface area contributed by atoms with E-state index in [4.69, 9.17) is 11.0 Å². The Bertz CT molecular complexity index is 420. The molecule has 0 aliphatic rings. The number of benzene rings is 1. The van der Waals surface area contributed by atoms with Crippen LogP contribution < -0.4 is 5.73 Å². The molecule has 2 N–H and O–H groups in total. The molecule has 0 unspecified atom stereocenters. The molecule has 14 heavy (non-hydrogen) atoms. The fourth-order valence-electron chi connectivity index (χ4n) is 0.831. The average Bonchev–Trinajstić information content (AvgIpc) is 2.18. The Morgan fingerprint density at radius 2 is 2.14 bits per heavy atom. The van der Waals surface area contributed by atoms with Crippen LogP contribution in [-0.4, -0.2) is 5.91 Å². The summed E-state index contributed by atoms with van der Waals surface area (Å²) < 4.78 is 0. The Morgan fingerprint density at radius 3 is 2.71 bits per heavy atom. The van der Waals surface area contributed by atoms with E-state index in [0.717, 1.165) is 11.8 Å². The predicted molar refractivity (Wildman–Crippen MR) is 55.3 cm³/mol. The number of thioether (sulfide) groups is 1. The topological polar surface area (TPSA) is 66.9 Å². The number of carbonyl (C=O) groups excluding carboxylic acids is 1. The van der Waals surface area contributed by atoms with Crippen molar-refractivity contribution in [3.8, 4) is 6.07 Å². The minimum Gasteiger partial charge on any atom is -0.365 e. The van der Waals surface area contributed by atoms with Gasteiger partial charge in [-0.05, 0) is 12.1 Å². The highest BCUT2D eigenvalue weighted by Crippen LogP contribution is 2.27. The normalized spacial score (nSPS) is 9.07. The molecule has 4 heteroatoms. The third kappa shape index (κ3) is 2.38. The van der Waals surface area contributed by atoms with Gasteiger partial charge in [-0.2, -0.15) is 5.26 Å². The number of amides is 1. The number of hydrogen-bond donors (Lipinski definition) is 1. The largest absolute Gasteiger partial charge is 0.365 e. The van der Waals surface area contributed by atoms with E-state index in [0.29, 0.717) is 10.5 Å². The van der Waals surface area contributed by atoms with Crippen molar-refractivity contribution in [3.05, 3.63) is 41.3 Å². The SMILES string of the molecule is C=C(Sc1ccccc1C#N)C(N)=O. The first kappa shape index (κ1) is 10.4. The molecule has 0 saturated heterocycles. The molecule has 0 atom stereocenters. The quantitative estimate of drug-likeness (QED) is 0.601. The monoisotopic (exact) mass is 204 g/mol. The molecule has 1 rings (SSSR count). The number of primary amides is 1. The number of nitrogens with zero attached hydrogens (tertiary/aromatic N) is 1. The van der Waals surface area contributed by atoms with Crippen molar-refractivity contribution >= 4 is 17.7 Å². The lowest BCUT2D eigenvalue weighted by Gasteiger charge is -2.02. The second kappa shape index (κ2) is 4.49. The van der Waals surface area contributed by atoms with E-state index in [-0.39, 0.29) is 4.91 Å². The van der Waals surface area contributed by atoms with Crippen LogP contribution in [0.5, 0.6) is 0 Å².